The summed E-state index contributed by atoms with van der Waals surface area (Å²) in [5.74, 6) is -1.07. The Morgan fingerprint density at radius 1 is 1.10 bits per heavy atom. The molecule has 2 amide bonds. The predicted molar refractivity (Wildman–Crippen MR) is 82.9 cm³/mol. The summed E-state index contributed by atoms with van der Waals surface area (Å²) in [6, 6.07) is 13.7. The maximum atomic E-state index is 12.2. The number of primary amides is 1. The predicted octanol–water partition coefficient (Wildman–Crippen LogP) is 2.11. The van der Waals surface area contributed by atoms with Gasteiger partial charge in [-0.3, -0.25) is 9.59 Å². The number of nitrogens with two attached hydrogens (primary N) is 2. The van der Waals surface area contributed by atoms with Crippen LogP contribution < -0.4 is 16.8 Å². The monoisotopic (exact) mass is 283 g/mol. The molecule has 0 bridgehead atoms. The zero-order valence-corrected chi connectivity index (χ0v) is 11.7. The highest BCUT2D eigenvalue weighted by Gasteiger charge is 2.15. The molecule has 0 spiro atoms. The standard InChI is InChI=1S/C16H17N3O2/c1-10(11-4-2-6-13(17)8-11)16(21)19-14-7-3-5-12(9-14)15(18)20/h2-10H,17H2,1H3,(H2,18,20)(H,19,21). The van der Waals surface area contributed by atoms with Crippen LogP contribution in [0.25, 0.3) is 0 Å². The van der Waals surface area contributed by atoms with E-state index >= 15 is 0 Å². The van der Waals surface area contributed by atoms with Crippen LogP contribution in [0.4, 0.5) is 11.4 Å². The van der Waals surface area contributed by atoms with E-state index in [4.69, 9.17) is 11.5 Å². The summed E-state index contributed by atoms with van der Waals surface area (Å²) in [5.41, 5.74) is 13.3. The first-order valence-corrected chi connectivity index (χ1v) is 6.53. The normalized spacial score (nSPS) is 11.7. The fourth-order valence-corrected chi connectivity index (χ4v) is 1.98. The second-order valence-electron chi connectivity index (χ2n) is 4.83. The average molecular weight is 283 g/mol. The van der Waals surface area contributed by atoms with Gasteiger partial charge in [-0.25, -0.2) is 0 Å². The number of hydrogen-bond acceptors (Lipinski definition) is 3. The van der Waals surface area contributed by atoms with E-state index in [0.29, 0.717) is 16.9 Å². The lowest BCUT2D eigenvalue weighted by Crippen LogP contribution is -2.19. The van der Waals surface area contributed by atoms with Gasteiger partial charge in [0, 0.05) is 16.9 Å². The largest absolute Gasteiger partial charge is 0.399 e. The van der Waals surface area contributed by atoms with Crippen LogP contribution in [-0.4, -0.2) is 11.8 Å². The van der Waals surface area contributed by atoms with Crippen molar-refractivity contribution in [3.63, 3.8) is 0 Å². The van der Waals surface area contributed by atoms with Gasteiger partial charge in [-0.15, -0.1) is 0 Å². The second kappa shape index (κ2) is 6.09. The fraction of sp³-hybridized carbons (Fsp3) is 0.125. The summed E-state index contributed by atoms with van der Waals surface area (Å²) < 4.78 is 0. The summed E-state index contributed by atoms with van der Waals surface area (Å²) in [7, 11) is 0. The first kappa shape index (κ1) is 14.6. The zero-order valence-electron chi connectivity index (χ0n) is 11.7. The van der Waals surface area contributed by atoms with Crippen LogP contribution in [0.1, 0.15) is 28.8 Å². The summed E-state index contributed by atoms with van der Waals surface area (Å²) in [4.78, 5) is 23.4. The molecule has 0 radical (unpaired) electrons. The van der Waals surface area contributed by atoms with Gasteiger partial charge in [0.05, 0.1) is 5.92 Å². The second-order valence-corrected chi connectivity index (χ2v) is 4.83. The van der Waals surface area contributed by atoms with Gasteiger partial charge in [-0.05, 0) is 42.8 Å². The summed E-state index contributed by atoms with van der Waals surface area (Å²) in [6.07, 6.45) is 0. The van der Waals surface area contributed by atoms with Crippen molar-refractivity contribution < 1.29 is 9.59 Å². The Morgan fingerprint density at radius 3 is 2.48 bits per heavy atom. The molecule has 0 saturated heterocycles. The Labute approximate surface area is 123 Å². The van der Waals surface area contributed by atoms with Crippen molar-refractivity contribution in [1.82, 2.24) is 0 Å². The molecular formula is C16H17N3O2. The van der Waals surface area contributed by atoms with Crippen molar-refractivity contribution in [1.29, 1.82) is 0 Å². The molecule has 1 unspecified atom stereocenters. The third-order valence-corrected chi connectivity index (χ3v) is 3.22. The molecule has 0 fully saturated rings. The first-order valence-electron chi connectivity index (χ1n) is 6.53. The quantitative estimate of drug-likeness (QED) is 0.749. The van der Waals surface area contributed by atoms with Gasteiger partial charge >= 0.3 is 0 Å². The van der Waals surface area contributed by atoms with E-state index in [0.717, 1.165) is 5.56 Å². The summed E-state index contributed by atoms with van der Waals surface area (Å²) in [5, 5.41) is 2.77. The Bertz CT molecular complexity index is 683. The lowest BCUT2D eigenvalue weighted by atomic mass is 9.99. The molecule has 0 saturated carbocycles. The number of carbonyl (C=O) groups is 2. The smallest absolute Gasteiger partial charge is 0.248 e. The van der Waals surface area contributed by atoms with E-state index < -0.39 is 5.91 Å². The van der Waals surface area contributed by atoms with Gasteiger partial charge in [0.2, 0.25) is 11.8 Å². The third-order valence-electron chi connectivity index (χ3n) is 3.22. The number of hydrogen-bond donors (Lipinski definition) is 3. The van der Waals surface area contributed by atoms with Gasteiger partial charge in [-0.2, -0.15) is 0 Å². The van der Waals surface area contributed by atoms with E-state index in [2.05, 4.69) is 5.32 Å². The topological polar surface area (TPSA) is 98.2 Å². The van der Waals surface area contributed by atoms with E-state index in [9.17, 15) is 9.59 Å². The summed E-state index contributed by atoms with van der Waals surface area (Å²) in [6.45, 7) is 1.79. The molecule has 0 aromatic heterocycles. The van der Waals surface area contributed by atoms with Crippen LogP contribution in [-0.2, 0) is 4.79 Å². The first-order chi connectivity index (χ1) is 9.97. The number of nitrogens with one attached hydrogen (secondary N) is 1. The van der Waals surface area contributed by atoms with E-state index in [1.54, 1.807) is 43.3 Å². The van der Waals surface area contributed by atoms with Crippen molar-refractivity contribution in [2.45, 2.75) is 12.8 Å². The molecule has 2 aromatic rings. The van der Waals surface area contributed by atoms with Crippen LogP contribution in [0, 0.1) is 0 Å². The van der Waals surface area contributed by atoms with Crippen molar-refractivity contribution >= 4 is 23.2 Å². The number of rotatable bonds is 4. The number of amides is 2. The fourth-order valence-electron chi connectivity index (χ4n) is 1.98. The molecule has 0 aliphatic rings. The average Bonchev–Trinajstić information content (AvgIpc) is 2.46. The van der Waals surface area contributed by atoms with Crippen LogP contribution in [0.3, 0.4) is 0 Å². The molecule has 0 heterocycles. The van der Waals surface area contributed by atoms with Gasteiger partial charge in [0.1, 0.15) is 0 Å². The van der Waals surface area contributed by atoms with Crippen LogP contribution in [0.5, 0.6) is 0 Å². The van der Waals surface area contributed by atoms with E-state index in [-0.39, 0.29) is 11.8 Å². The minimum absolute atomic E-state index is 0.178. The third kappa shape index (κ3) is 3.60. The minimum Gasteiger partial charge on any atom is -0.399 e. The molecule has 5 nitrogen and oxygen atoms in total. The molecule has 5 N–H and O–H groups in total. The summed E-state index contributed by atoms with van der Waals surface area (Å²) >= 11 is 0. The maximum absolute atomic E-state index is 12.2. The van der Waals surface area contributed by atoms with Crippen molar-refractivity contribution in [2.24, 2.45) is 5.73 Å². The van der Waals surface area contributed by atoms with Crippen molar-refractivity contribution in [2.75, 3.05) is 11.1 Å². The highest BCUT2D eigenvalue weighted by atomic mass is 16.2. The Balaban J connectivity index is 2.14. The van der Waals surface area contributed by atoms with Gasteiger partial charge in [-0.1, -0.05) is 18.2 Å². The molecule has 108 valence electrons. The molecule has 0 aliphatic carbocycles. The highest BCUT2D eigenvalue weighted by molar-refractivity contribution is 5.98. The Kier molecular flexibility index (Phi) is 4.23. The van der Waals surface area contributed by atoms with Crippen molar-refractivity contribution in [3.8, 4) is 0 Å². The Morgan fingerprint density at radius 2 is 1.81 bits per heavy atom. The zero-order chi connectivity index (χ0) is 15.4. The lowest BCUT2D eigenvalue weighted by molar-refractivity contribution is -0.117. The minimum atomic E-state index is -0.532. The van der Waals surface area contributed by atoms with Gasteiger partial charge in [0.15, 0.2) is 0 Å². The molecule has 1 atom stereocenters. The molecule has 2 aromatic carbocycles. The molecular weight excluding hydrogens is 266 g/mol. The van der Waals surface area contributed by atoms with Gasteiger partial charge < -0.3 is 16.8 Å². The maximum Gasteiger partial charge on any atom is 0.248 e. The molecule has 2 rings (SSSR count). The number of nitrogen functional groups attached to an aromatic ring is 1. The van der Waals surface area contributed by atoms with E-state index in [1.807, 2.05) is 12.1 Å². The van der Waals surface area contributed by atoms with Crippen LogP contribution in [0.2, 0.25) is 0 Å². The van der Waals surface area contributed by atoms with Crippen molar-refractivity contribution in [3.05, 3.63) is 59.7 Å². The molecule has 21 heavy (non-hydrogen) atoms. The molecule has 5 heteroatoms. The van der Waals surface area contributed by atoms with Crippen LogP contribution in [0.15, 0.2) is 48.5 Å². The Hall–Kier alpha value is -2.82. The number of benzene rings is 2. The van der Waals surface area contributed by atoms with E-state index in [1.165, 1.54) is 0 Å². The lowest BCUT2D eigenvalue weighted by Gasteiger charge is -2.13. The molecule has 0 aliphatic heterocycles. The SMILES string of the molecule is CC(C(=O)Nc1cccc(C(N)=O)c1)c1cccc(N)c1. The number of carbonyl (C=O) groups excluding carboxylic acids is 2. The highest BCUT2D eigenvalue weighted by Crippen LogP contribution is 2.20. The van der Waals surface area contributed by atoms with Gasteiger partial charge in [0.25, 0.3) is 0 Å². The van der Waals surface area contributed by atoms with Crippen LogP contribution >= 0.6 is 0 Å². The number of anilines is 2.